The van der Waals surface area contributed by atoms with Crippen molar-refractivity contribution in [3.8, 4) is 17.0 Å². The van der Waals surface area contributed by atoms with Gasteiger partial charge >= 0.3 is 0 Å². The van der Waals surface area contributed by atoms with Crippen LogP contribution in [0.3, 0.4) is 0 Å². The zero-order chi connectivity index (χ0) is 20.3. The minimum atomic E-state index is -0.208. The number of amides is 1. The highest BCUT2D eigenvalue weighted by molar-refractivity contribution is 6.33. The Balaban J connectivity index is 1.84. The minimum absolute atomic E-state index is 0.0679. The second kappa shape index (κ2) is 8.03. The number of carbonyl (C=O) groups is 1. The highest BCUT2D eigenvalue weighted by Gasteiger charge is 2.16. The topological polar surface area (TPSA) is 51.2 Å². The van der Waals surface area contributed by atoms with Gasteiger partial charge in [0.2, 0.25) is 0 Å². The molecule has 3 rings (SSSR count). The summed E-state index contributed by atoms with van der Waals surface area (Å²) in [6, 6.07) is 16.7. The molecule has 1 N–H and O–H groups in total. The van der Waals surface area contributed by atoms with Gasteiger partial charge in [0.15, 0.2) is 0 Å². The van der Waals surface area contributed by atoms with E-state index in [2.05, 4.69) is 31.1 Å². The summed E-state index contributed by atoms with van der Waals surface area (Å²) in [5.41, 5.74) is 3.87. The van der Waals surface area contributed by atoms with Gasteiger partial charge < -0.3 is 10.1 Å². The first kappa shape index (κ1) is 19.9. The number of ether oxygens (including phenoxy) is 1. The first-order chi connectivity index (χ1) is 13.3. The SMILES string of the molecule is COc1cc(C(=O)Nc2ccc(C(C)(C)C)cc2)ccc1-c1ncccc1Cl. The van der Waals surface area contributed by atoms with Crippen molar-refractivity contribution in [1.29, 1.82) is 0 Å². The second-order valence-corrected chi connectivity index (χ2v) is 7.94. The fourth-order valence-electron chi connectivity index (χ4n) is 2.87. The first-order valence-electron chi connectivity index (χ1n) is 9.00. The van der Waals surface area contributed by atoms with E-state index in [1.165, 1.54) is 5.56 Å². The van der Waals surface area contributed by atoms with Gasteiger partial charge in [-0.05, 0) is 53.4 Å². The molecule has 4 nitrogen and oxygen atoms in total. The summed E-state index contributed by atoms with van der Waals surface area (Å²) < 4.78 is 5.47. The molecule has 0 aliphatic carbocycles. The van der Waals surface area contributed by atoms with Crippen LogP contribution in [0.1, 0.15) is 36.7 Å². The van der Waals surface area contributed by atoms with Crippen molar-refractivity contribution < 1.29 is 9.53 Å². The molecule has 2 aromatic carbocycles. The van der Waals surface area contributed by atoms with Crippen LogP contribution in [0.2, 0.25) is 5.02 Å². The number of hydrogen-bond donors (Lipinski definition) is 1. The van der Waals surface area contributed by atoms with Crippen LogP contribution < -0.4 is 10.1 Å². The molecule has 0 radical (unpaired) electrons. The maximum absolute atomic E-state index is 12.7. The Morgan fingerprint density at radius 1 is 1.07 bits per heavy atom. The highest BCUT2D eigenvalue weighted by atomic mass is 35.5. The molecule has 0 atom stereocenters. The number of benzene rings is 2. The fraction of sp³-hybridized carbons (Fsp3) is 0.217. The van der Waals surface area contributed by atoms with Gasteiger partial charge in [-0.2, -0.15) is 0 Å². The molecule has 1 heterocycles. The summed E-state index contributed by atoms with van der Waals surface area (Å²) in [6.45, 7) is 6.47. The largest absolute Gasteiger partial charge is 0.496 e. The molecule has 28 heavy (non-hydrogen) atoms. The summed E-state index contributed by atoms with van der Waals surface area (Å²) in [4.78, 5) is 17.0. The molecule has 0 fully saturated rings. The number of rotatable bonds is 4. The van der Waals surface area contributed by atoms with E-state index in [9.17, 15) is 4.79 Å². The summed E-state index contributed by atoms with van der Waals surface area (Å²) in [5.74, 6) is 0.330. The third-order valence-corrected chi connectivity index (χ3v) is 4.79. The summed E-state index contributed by atoms with van der Waals surface area (Å²) in [5, 5.41) is 3.45. The van der Waals surface area contributed by atoms with Gasteiger partial charge in [-0.1, -0.05) is 44.5 Å². The molecule has 0 aliphatic heterocycles. The number of nitrogens with zero attached hydrogens (tertiary/aromatic N) is 1. The monoisotopic (exact) mass is 394 g/mol. The average Bonchev–Trinajstić information content (AvgIpc) is 2.67. The Hall–Kier alpha value is -2.85. The van der Waals surface area contributed by atoms with Crippen LogP contribution in [-0.2, 0) is 5.41 Å². The maximum atomic E-state index is 12.7. The lowest BCUT2D eigenvalue weighted by molar-refractivity contribution is 0.102. The van der Waals surface area contributed by atoms with E-state index in [-0.39, 0.29) is 11.3 Å². The summed E-state index contributed by atoms with van der Waals surface area (Å²) in [7, 11) is 1.56. The molecule has 5 heteroatoms. The van der Waals surface area contributed by atoms with E-state index in [0.29, 0.717) is 22.0 Å². The quantitative estimate of drug-likeness (QED) is 0.593. The molecule has 0 bridgehead atoms. The Kier molecular flexibility index (Phi) is 5.71. The molecular formula is C23H23ClN2O2. The number of carbonyl (C=O) groups excluding carboxylic acids is 1. The van der Waals surface area contributed by atoms with Crippen LogP contribution in [0.5, 0.6) is 5.75 Å². The van der Waals surface area contributed by atoms with Gasteiger partial charge in [0, 0.05) is 23.0 Å². The number of halogens is 1. The van der Waals surface area contributed by atoms with Crippen molar-refractivity contribution >= 4 is 23.2 Å². The van der Waals surface area contributed by atoms with Gasteiger partial charge in [-0.3, -0.25) is 9.78 Å². The lowest BCUT2D eigenvalue weighted by Crippen LogP contribution is -2.13. The summed E-state index contributed by atoms with van der Waals surface area (Å²) >= 11 is 6.24. The van der Waals surface area contributed by atoms with Crippen molar-refractivity contribution in [2.75, 3.05) is 12.4 Å². The Labute approximate surface area is 170 Å². The molecule has 144 valence electrons. The number of anilines is 1. The molecule has 3 aromatic rings. The van der Waals surface area contributed by atoms with E-state index >= 15 is 0 Å². The second-order valence-electron chi connectivity index (χ2n) is 7.53. The van der Waals surface area contributed by atoms with Crippen LogP contribution in [0, 0.1) is 0 Å². The predicted molar refractivity (Wildman–Crippen MR) is 114 cm³/mol. The van der Waals surface area contributed by atoms with Crippen LogP contribution in [0.15, 0.2) is 60.8 Å². The van der Waals surface area contributed by atoms with E-state index in [1.807, 2.05) is 24.3 Å². The zero-order valence-corrected chi connectivity index (χ0v) is 17.2. The van der Waals surface area contributed by atoms with Gasteiger partial charge in [-0.25, -0.2) is 0 Å². The third kappa shape index (κ3) is 4.34. The predicted octanol–water partition coefficient (Wildman–Crippen LogP) is 5.96. The van der Waals surface area contributed by atoms with Crippen molar-refractivity contribution in [3.63, 3.8) is 0 Å². The lowest BCUT2D eigenvalue weighted by atomic mass is 9.87. The normalized spacial score (nSPS) is 11.2. The number of methoxy groups -OCH3 is 1. The lowest BCUT2D eigenvalue weighted by Gasteiger charge is -2.19. The number of nitrogens with one attached hydrogen (secondary N) is 1. The first-order valence-corrected chi connectivity index (χ1v) is 9.38. The van der Waals surface area contributed by atoms with Crippen LogP contribution in [0.25, 0.3) is 11.3 Å². The Morgan fingerprint density at radius 2 is 1.79 bits per heavy atom. The van der Waals surface area contributed by atoms with Crippen molar-refractivity contribution in [2.24, 2.45) is 0 Å². The Morgan fingerprint density at radius 3 is 2.39 bits per heavy atom. The molecular weight excluding hydrogens is 372 g/mol. The highest BCUT2D eigenvalue weighted by Crippen LogP contribution is 2.34. The van der Waals surface area contributed by atoms with E-state index < -0.39 is 0 Å². The van der Waals surface area contributed by atoms with Crippen molar-refractivity contribution in [1.82, 2.24) is 4.98 Å². The van der Waals surface area contributed by atoms with Crippen molar-refractivity contribution in [3.05, 3.63) is 76.9 Å². The third-order valence-electron chi connectivity index (χ3n) is 4.49. The smallest absolute Gasteiger partial charge is 0.255 e. The summed E-state index contributed by atoms with van der Waals surface area (Å²) in [6.07, 6.45) is 1.67. The number of pyridine rings is 1. The Bertz CT molecular complexity index is 992. The van der Waals surface area contributed by atoms with Crippen LogP contribution in [-0.4, -0.2) is 18.0 Å². The van der Waals surface area contributed by atoms with Crippen LogP contribution >= 0.6 is 11.6 Å². The fourth-order valence-corrected chi connectivity index (χ4v) is 3.09. The maximum Gasteiger partial charge on any atom is 0.255 e. The van der Waals surface area contributed by atoms with Crippen LogP contribution in [0.4, 0.5) is 5.69 Å². The molecule has 0 spiro atoms. The minimum Gasteiger partial charge on any atom is -0.496 e. The van der Waals surface area contributed by atoms with Crippen molar-refractivity contribution in [2.45, 2.75) is 26.2 Å². The molecule has 1 aromatic heterocycles. The number of aromatic nitrogens is 1. The number of hydrogen-bond acceptors (Lipinski definition) is 3. The standard InChI is InChI=1S/C23H23ClN2O2/c1-23(2,3)16-8-10-17(11-9-16)26-22(27)15-7-12-18(20(14-15)28-4)21-19(24)6-5-13-25-21/h5-14H,1-4H3,(H,26,27). The zero-order valence-electron chi connectivity index (χ0n) is 16.4. The molecule has 0 unspecified atom stereocenters. The molecule has 1 amide bonds. The van der Waals surface area contributed by atoms with E-state index in [1.54, 1.807) is 43.6 Å². The molecule has 0 saturated carbocycles. The van der Waals surface area contributed by atoms with Gasteiger partial charge in [-0.15, -0.1) is 0 Å². The van der Waals surface area contributed by atoms with E-state index in [0.717, 1.165) is 11.3 Å². The van der Waals surface area contributed by atoms with Gasteiger partial charge in [0.05, 0.1) is 17.8 Å². The molecule has 0 aliphatic rings. The van der Waals surface area contributed by atoms with Gasteiger partial charge in [0.1, 0.15) is 5.75 Å². The van der Waals surface area contributed by atoms with E-state index in [4.69, 9.17) is 16.3 Å². The van der Waals surface area contributed by atoms with Gasteiger partial charge in [0.25, 0.3) is 5.91 Å². The molecule has 0 saturated heterocycles. The average molecular weight is 395 g/mol.